The number of nitrogen functional groups attached to an aromatic ring is 1. The fraction of sp³-hybridized carbons (Fsp3) is 0.593. The summed E-state index contributed by atoms with van der Waals surface area (Å²) in [5.41, 5.74) is 4.29. The highest BCUT2D eigenvalue weighted by atomic mass is 32.2. The first-order chi connectivity index (χ1) is 26.3. The van der Waals surface area contributed by atoms with E-state index in [1.165, 1.54) is 20.8 Å². The highest BCUT2D eigenvalue weighted by Gasteiger charge is 2.47. The summed E-state index contributed by atoms with van der Waals surface area (Å²) in [4.78, 5) is 106. The van der Waals surface area contributed by atoms with Gasteiger partial charge in [-0.25, -0.2) is 19.3 Å². The molecule has 0 bridgehead atoms. The number of carboxylic acid groups (broad SMARTS) is 1. The van der Waals surface area contributed by atoms with E-state index in [4.69, 9.17) is 10.5 Å². The van der Waals surface area contributed by atoms with Crippen LogP contribution in [0.4, 0.5) is 5.82 Å². The lowest BCUT2D eigenvalue weighted by Crippen LogP contribution is -2.46. The number of carboxylic acids is 1. The molecule has 1 saturated heterocycles. The number of nitrogens with two attached hydrogens (primary N) is 1. The van der Waals surface area contributed by atoms with Gasteiger partial charge in [0.15, 0.2) is 17.7 Å². The second kappa shape index (κ2) is 20.2. The molecule has 3 heterocycles. The van der Waals surface area contributed by atoms with Crippen LogP contribution in [0.15, 0.2) is 24.3 Å². The molecule has 2 unspecified atom stereocenters. The van der Waals surface area contributed by atoms with Crippen LogP contribution in [0.1, 0.15) is 39.8 Å². The van der Waals surface area contributed by atoms with Crippen LogP contribution in [0.2, 0.25) is 0 Å². The number of phosphoric acid groups is 3. The van der Waals surface area contributed by atoms with Crippen molar-refractivity contribution in [3.63, 3.8) is 0 Å². The summed E-state index contributed by atoms with van der Waals surface area (Å²) in [6, 6.07) is 0. The zero-order valence-electron chi connectivity index (χ0n) is 30.0. The van der Waals surface area contributed by atoms with E-state index in [9.17, 15) is 67.8 Å². The van der Waals surface area contributed by atoms with Gasteiger partial charge < -0.3 is 78.9 Å². The molecule has 0 aliphatic carbocycles. The molecule has 7 atom stereocenters. The summed E-state index contributed by atoms with van der Waals surface area (Å²) in [5.74, 6) is -2.88. The average Bonchev–Trinajstić information content (AvgIpc) is 3.64. The van der Waals surface area contributed by atoms with Crippen LogP contribution < -0.4 is 41.0 Å². The van der Waals surface area contributed by atoms with Crippen molar-refractivity contribution in [2.24, 2.45) is 5.41 Å². The Bertz CT molecular complexity index is 1960. The van der Waals surface area contributed by atoms with E-state index >= 15 is 0 Å². The molecule has 320 valence electrons. The van der Waals surface area contributed by atoms with Crippen LogP contribution in [0.5, 0.6) is 0 Å². The van der Waals surface area contributed by atoms with E-state index in [0.717, 1.165) is 35.1 Å². The van der Waals surface area contributed by atoms with Gasteiger partial charge in [-0.2, -0.15) is 0 Å². The number of aliphatic hydroxyl groups excluding tert-OH is 2. The number of phosphoric ester groups is 3. The molecule has 30 heteroatoms. The van der Waals surface area contributed by atoms with Crippen LogP contribution in [-0.4, -0.2) is 109 Å². The number of imidazole rings is 1. The van der Waals surface area contributed by atoms with Gasteiger partial charge in [-0.3, -0.25) is 28.1 Å². The lowest BCUT2D eigenvalue weighted by Gasteiger charge is -2.36. The third kappa shape index (κ3) is 15.1. The average molecular weight is 889 g/mol. The molecule has 2 aromatic rings. The van der Waals surface area contributed by atoms with Crippen molar-refractivity contribution in [2.45, 2.75) is 64.3 Å². The van der Waals surface area contributed by atoms with Crippen LogP contribution in [0.3, 0.4) is 0 Å². The number of carbonyl (C=O) groups is 4. The van der Waals surface area contributed by atoms with Gasteiger partial charge in [0, 0.05) is 43.1 Å². The number of ether oxygens (including phenoxy) is 1. The van der Waals surface area contributed by atoms with Crippen molar-refractivity contribution in [1.82, 2.24) is 30.2 Å². The summed E-state index contributed by atoms with van der Waals surface area (Å²) >= 11 is 0.824. The minimum atomic E-state index is -5.94. The Morgan fingerprint density at radius 2 is 1.75 bits per heavy atom. The van der Waals surface area contributed by atoms with Gasteiger partial charge in [0.1, 0.15) is 36.3 Å². The molecule has 0 saturated carbocycles. The van der Waals surface area contributed by atoms with Crippen LogP contribution in [-0.2, 0) is 55.5 Å². The number of aliphatic carboxylic acids is 1. The molecule has 57 heavy (non-hydrogen) atoms. The second-order valence-corrected chi connectivity index (χ2v) is 17.9. The van der Waals surface area contributed by atoms with E-state index in [0.29, 0.717) is 5.57 Å². The topological polar surface area (TPSA) is 415 Å². The Morgan fingerprint density at radius 3 is 2.40 bits per heavy atom. The highest BCUT2D eigenvalue weighted by Crippen LogP contribution is 2.56. The summed E-state index contributed by atoms with van der Waals surface area (Å²) in [7, 11) is -17.7. The number of hydrogen-bond donors (Lipinski definition) is 5. The lowest BCUT2D eigenvalue weighted by atomic mass is 9.87. The molecule has 6 N–H and O–H groups in total. The second-order valence-electron chi connectivity index (χ2n) is 12.7. The fourth-order valence-electron chi connectivity index (χ4n) is 4.78. The molecule has 0 aromatic carbocycles. The predicted octanol–water partition coefficient (Wildman–Crippen LogP) is -4.78. The first-order valence-electron chi connectivity index (χ1n) is 16.2. The molecular formula is C27H37N7O19P3S-5. The van der Waals surface area contributed by atoms with Crippen molar-refractivity contribution in [2.75, 3.05) is 37.8 Å². The number of nitrogens with zero attached hydrogens (tertiary/aromatic N) is 4. The molecule has 3 rings (SSSR count). The van der Waals surface area contributed by atoms with Gasteiger partial charge in [-0.15, -0.1) is 0 Å². The first-order valence-corrected chi connectivity index (χ1v) is 21.5. The number of thioether (sulfide) groups is 1. The summed E-state index contributed by atoms with van der Waals surface area (Å²) in [5, 5.41) is 36.1. The SMILES string of the molecule is C/C(=C\C(=O)SCCNC(=O)CCNC(=O)[C@H](O)C(C)(C)COP(=O)([O-])OP(=O)([O-])OC[C@H]1O[C@@H](n2cnc3c(N)ncnc32)[C@H](O)[C@@H]1OP(=O)([O-])[O-])CC(=O)[O-]. The van der Waals surface area contributed by atoms with E-state index in [2.05, 4.69) is 43.5 Å². The Labute approximate surface area is 327 Å². The molecule has 2 aromatic heterocycles. The zero-order valence-corrected chi connectivity index (χ0v) is 33.5. The Balaban J connectivity index is 1.48. The zero-order chi connectivity index (χ0) is 42.9. The van der Waals surface area contributed by atoms with Crippen molar-refractivity contribution in [3.8, 4) is 0 Å². The maximum Gasteiger partial charge on any atom is 0.274 e. The molecule has 1 aliphatic heterocycles. The van der Waals surface area contributed by atoms with Gasteiger partial charge in [0.25, 0.3) is 15.6 Å². The molecule has 2 amide bonds. The largest absolute Gasteiger partial charge is 0.790 e. The molecule has 0 spiro atoms. The molecule has 0 radical (unpaired) electrons. The Kier molecular flexibility index (Phi) is 17.0. The summed E-state index contributed by atoms with van der Waals surface area (Å²) in [6.07, 6.45) is -7.06. The van der Waals surface area contributed by atoms with Crippen molar-refractivity contribution >= 4 is 75.1 Å². The number of aromatic nitrogens is 4. The van der Waals surface area contributed by atoms with E-state index in [1.807, 2.05) is 0 Å². The number of fused-ring (bicyclic) bond motifs is 1. The van der Waals surface area contributed by atoms with Gasteiger partial charge in [0.05, 0.1) is 27.4 Å². The number of anilines is 1. The summed E-state index contributed by atoms with van der Waals surface area (Å²) < 4.78 is 60.3. The number of hydrogen-bond acceptors (Lipinski definition) is 24. The number of carbonyl (C=O) groups excluding carboxylic acids is 4. The monoisotopic (exact) mass is 888 g/mol. The van der Waals surface area contributed by atoms with Gasteiger partial charge in [-0.05, 0) is 13.0 Å². The lowest BCUT2D eigenvalue weighted by molar-refractivity contribution is -0.347. The molecule has 26 nitrogen and oxygen atoms in total. The Hall–Kier alpha value is -3.23. The van der Waals surface area contributed by atoms with E-state index in [-0.39, 0.29) is 42.2 Å². The normalized spacial score (nSPS) is 21.7. The standard InChI is InChI=1S/C27H42N7O19P3S/c1-14(8-17(36)37)9-18(38)57-7-6-29-16(35)4-5-30-25(41)22(40)27(2,3)11-50-56(47,48)53-55(45,46)49-10-15-21(52-54(42,43)44)20(39)26(51-15)34-13-33-19-23(28)31-12-32-24(19)34/h9,12-13,15,20-22,26,39-40H,4-8,10-11H2,1-3H3,(H,29,35)(H,30,41)(H,36,37)(H,45,46)(H,47,48)(H2,28,31,32)(H2,42,43,44)/p-5/b14-9+/t15-,20-,21-,22+,26-/m1/s1. The number of aliphatic hydroxyl groups is 2. The number of rotatable bonds is 22. The van der Waals surface area contributed by atoms with Crippen LogP contribution in [0, 0.1) is 5.41 Å². The maximum atomic E-state index is 12.5. The number of nitrogens with one attached hydrogen (secondary N) is 2. The minimum absolute atomic E-state index is 0.0313. The quantitative estimate of drug-likeness (QED) is 0.0421. The van der Waals surface area contributed by atoms with Crippen LogP contribution in [0.25, 0.3) is 11.2 Å². The third-order valence-electron chi connectivity index (χ3n) is 7.51. The maximum absolute atomic E-state index is 12.5. The van der Waals surface area contributed by atoms with Gasteiger partial charge >= 0.3 is 0 Å². The third-order valence-corrected chi connectivity index (χ3v) is 11.3. The van der Waals surface area contributed by atoms with E-state index < -0.39 is 102 Å². The highest BCUT2D eigenvalue weighted by molar-refractivity contribution is 8.14. The van der Waals surface area contributed by atoms with Crippen molar-refractivity contribution in [1.29, 1.82) is 0 Å². The van der Waals surface area contributed by atoms with Gasteiger partial charge in [0.2, 0.25) is 16.9 Å². The number of amides is 2. The van der Waals surface area contributed by atoms with Gasteiger partial charge in [-0.1, -0.05) is 31.2 Å². The molecule has 1 aliphatic rings. The predicted molar refractivity (Wildman–Crippen MR) is 182 cm³/mol. The molecule has 1 fully saturated rings. The first kappa shape index (κ1) is 48.1. The summed E-state index contributed by atoms with van der Waals surface area (Å²) in [6.45, 7) is 1.23. The fourth-order valence-corrected chi connectivity index (χ4v) is 8.21. The smallest absolute Gasteiger partial charge is 0.274 e. The minimum Gasteiger partial charge on any atom is -0.790 e. The van der Waals surface area contributed by atoms with E-state index in [1.54, 1.807) is 0 Å². The van der Waals surface area contributed by atoms with Crippen molar-refractivity contribution in [3.05, 3.63) is 24.3 Å². The molecular weight excluding hydrogens is 851 g/mol. The van der Waals surface area contributed by atoms with Crippen molar-refractivity contribution < 1.29 is 90.4 Å². The Morgan fingerprint density at radius 1 is 1.09 bits per heavy atom. The van der Waals surface area contributed by atoms with Crippen LogP contribution >= 0.6 is 35.2 Å².